The van der Waals surface area contributed by atoms with Gasteiger partial charge in [-0.1, -0.05) is 0 Å². The van der Waals surface area contributed by atoms with E-state index in [4.69, 9.17) is 5.11 Å². The number of carboxylic acids is 1. The van der Waals surface area contributed by atoms with Gasteiger partial charge in [0.15, 0.2) is 0 Å². The topological polar surface area (TPSA) is 55.1 Å². The van der Waals surface area contributed by atoms with Gasteiger partial charge in [-0.25, -0.2) is 4.39 Å². The molecule has 0 aromatic carbocycles. The molecule has 2 unspecified atom stereocenters. The third-order valence-electron chi connectivity index (χ3n) is 3.01. The van der Waals surface area contributed by atoms with E-state index in [2.05, 4.69) is 5.10 Å². The Morgan fingerprint density at radius 2 is 2.44 bits per heavy atom. The predicted octanol–water partition coefficient (Wildman–Crippen LogP) is 1.96. The van der Waals surface area contributed by atoms with Crippen LogP contribution < -0.4 is 0 Å². The molecule has 1 aromatic rings. The van der Waals surface area contributed by atoms with Gasteiger partial charge in [-0.2, -0.15) is 5.10 Å². The summed E-state index contributed by atoms with van der Waals surface area (Å²) >= 11 is 0. The van der Waals surface area contributed by atoms with Crippen LogP contribution in [-0.4, -0.2) is 27.0 Å². The maximum absolute atomic E-state index is 13.3. The van der Waals surface area contributed by atoms with Crippen molar-refractivity contribution < 1.29 is 14.3 Å². The first-order valence-electron chi connectivity index (χ1n) is 5.55. The van der Waals surface area contributed by atoms with Crippen molar-refractivity contribution in [3.05, 3.63) is 18.0 Å². The van der Waals surface area contributed by atoms with Crippen molar-refractivity contribution in [3.63, 3.8) is 0 Å². The zero-order valence-electron chi connectivity index (χ0n) is 8.97. The van der Waals surface area contributed by atoms with Crippen LogP contribution >= 0.6 is 0 Å². The van der Waals surface area contributed by atoms with Crippen LogP contribution in [0.15, 0.2) is 12.3 Å². The van der Waals surface area contributed by atoms with Crippen molar-refractivity contribution >= 4 is 5.97 Å². The maximum atomic E-state index is 13.3. The summed E-state index contributed by atoms with van der Waals surface area (Å²) in [6, 6.07) is 1.71. The van der Waals surface area contributed by atoms with E-state index in [1.165, 1.54) is 0 Å². The highest BCUT2D eigenvalue weighted by Gasteiger charge is 2.24. The second kappa shape index (κ2) is 4.63. The molecule has 1 N–H and O–H groups in total. The van der Waals surface area contributed by atoms with Gasteiger partial charge in [-0.3, -0.25) is 9.48 Å². The van der Waals surface area contributed by atoms with Crippen molar-refractivity contribution in [2.45, 2.75) is 44.3 Å². The molecule has 2 rings (SSSR count). The molecule has 4 nitrogen and oxygen atoms in total. The van der Waals surface area contributed by atoms with Crippen molar-refractivity contribution in [1.29, 1.82) is 0 Å². The van der Waals surface area contributed by atoms with Crippen LogP contribution in [0, 0.1) is 0 Å². The Morgan fingerprint density at radius 1 is 1.62 bits per heavy atom. The van der Waals surface area contributed by atoms with Crippen molar-refractivity contribution in [1.82, 2.24) is 9.78 Å². The number of hydrogen-bond acceptors (Lipinski definition) is 2. The summed E-state index contributed by atoms with van der Waals surface area (Å²) < 4.78 is 14.9. The van der Waals surface area contributed by atoms with Crippen LogP contribution in [0.2, 0.25) is 0 Å². The first-order valence-corrected chi connectivity index (χ1v) is 5.55. The van der Waals surface area contributed by atoms with Gasteiger partial charge in [0.05, 0.1) is 12.5 Å². The second-order valence-corrected chi connectivity index (χ2v) is 4.26. The highest BCUT2D eigenvalue weighted by molar-refractivity contribution is 5.69. The quantitative estimate of drug-likeness (QED) is 0.857. The molecule has 0 bridgehead atoms. The SMILES string of the molecule is O=C(O)Cc1ccnn1C1CCCC(F)C1. The van der Waals surface area contributed by atoms with E-state index in [-0.39, 0.29) is 12.5 Å². The number of alkyl halides is 1. The van der Waals surface area contributed by atoms with Crippen molar-refractivity contribution in [2.75, 3.05) is 0 Å². The van der Waals surface area contributed by atoms with Crippen molar-refractivity contribution in [3.8, 4) is 0 Å². The summed E-state index contributed by atoms with van der Waals surface area (Å²) in [4.78, 5) is 10.7. The van der Waals surface area contributed by atoms with Crippen LogP contribution in [0.1, 0.15) is 37.4 Å². The van der Waals surface area contributed by atoms with E-state index in [9.17, 15) is 9.18 Å². The van der Waals surface area contributed by atoms with Gasteiger partial charge in [0, 0.05) is 18.3 Å². The minimum Gasteiger partial charge on any atom is -0.481 e. The lowest BCUT2D eigenvalue weighted by atomic mass is 9.94. The van der Waals surface area contributed by atoms with Gasteiger partial charge >= 0.3 is 5.97 Å². The molecule has 0 amide bonds. The molecule has 5 heteroatoms. The van der Waals surface area contributed by atoms with Gasteiger partial charge in [0.25, 0.3) is 0 Å². The number of rotatable bonds is 3. The molecule has 1 fully saturated rings. The summed E-state index contributed by atoms with van der Waals surface area (Å²) in [6.07, 6.45) is 3.56. The number of aromatic nitrogens is 2. The number of nitrogens with zero attached hydrogens (tertiary/aromatic N) is 2. The zero-order valence-corrected chi connectivity index (χ0v) is 8.97. The van der Waals surface area contributed by atoms with Crippen LogP contribution in [0.3, 0.4) is 0 Å². The lowest BCUT2D eigenvalue weighted by molar-refractivity contribution is -0.136. The minimum atomic E-state index is -0.880. The molecule has 16 heavy (non-hydrogen) atoms. The smallest absolute Gasteiger partial charge is 0.309 e. The Kier molecular flexibility index (Phi) is 3.22. The van der Waals surface area contributed by atoms with Crippen molar-refractivity contribution in [2.24, 2.45) is 0 Å². The largest absolute Gasteiger partial charge is 0.481 e. The molecule has 1 saturated carbocycles. The molecule has 0 aliphatic heterocycles. The Morgan fingerprint density at radius 3 is 3.12 bits per heavy atom. The van der Waals surface area contributed by atoms with Gasteiger partial charge in [-0.15, -0.1) is 0 Å². The van der Waals surface area contributed by atoms with E-state index in [0.29, 0.717) is 18.5 Å². The average Bonchev–Trinajstić information content (AvgIpc) is 2.65. The van der Waals surface area contributed by atoms with E-state index >= 15 is 0 Å². The van der Waals surface area contributed by atoms with E-state index in [1.54, 1.807) is 16.9 Å². The van der Waals surface area contributed by atoms with E-state index < -0.39 is 12.1 Å². The van der Waals surface area contributed by atoms with Gasteiger partial charge in [-0.05, 0) is 25.3 Å². The fourth-order valence-corrected chi connectivity index (χ4v) is 2.29. The minimum absolute atomic E-state index is 0.0214. The maximum Gasteiger partial charge on any atom is 0.309 e. The number of carbonyl (C=O) groups is 1. The Labute approximate surface area is 93.1 Å². The van der Waals surface area contributed by atoms with Crippen LogP contribution in [0.25, 0.3) is 0 Å². The second-order valence-electron chi connectivity index (χ2n) is 4.26. The Bertz CT molecular complexity index is 378. The van der Waals surface area contributed by atoms with Gasteiger partial charge in [0.2, 0.25) is 0 Å². The monoisotopic (exact) mass is 226 g/mol. The summed E-state index contributed by atoms with van der Waals surface area (Å²) in [7, 11) is 0. The molecule has 88 valence electrons. The molecular formula is C11H15FN2O2. The number of halogens is 1. The summed E-state index contributed by atoms with van der Waals surface area (Å²) in [5.74, 6) is -0.880. The summed E-state index contributed by atoms with van der Waals surface area (Å²) in [5, 5.41) is 12.9. The number of carboxylic acid groups (broad SMARTS) is 1. The normalized spacial score (nSPS) is 25.6. The molecule has 1 heterocycles. The molecule has 1 aliphatic rings. The highest BCUT2D eigenvalue weighted by atomic mass is 19.1. The number of hydrogen-bond donors (Lipinski definition) is 1. The molecule has 1 aliphatic carbocycles. The zero-order chi connectivity index (χ0) is 11.5. The first-order chi connectivity index (χ1) is 7.66. The molecular weight excluding hydrogens is 211 g/mol. The van der Waals surface area contributed by atoms with Crippen LogP contribution in [-0.2, 0) is 11.2 Å². The Hall–Kier alpha value is -1.39. The first kappa shape index (κ1) is 11.1. The average molecular weight is 226 g/mol. The Balaban J connectivity index is 2.13. The molecule has 0 radical (unpaired) electrons. The third-order valence-corrected chi connectivity index (χ3v) is 3.01. The lowest BCUT2D eigenvalue weighted by Gasteiger charge is -2.26. The van der Waals surface area contributed by atoms with Crippen LogP contribution in [0.5, 0.6) is 0 Å². The third kappa shape index (κ3) is 2.40. The molecule has 1 aromatic heterocycles. The summed E-state index contributed by atoms with van der Waals surface area (Å²) in [5.41, 5.74) is 0.659. The highest BCUT2D eigenvalue weighted by Crippen LogP contribution is 2.30. The standard InChI is InChI=1S/C11H15FN2O2/c12-8-2-1-3-9(6-8)14-10(4-5-13-14)7-11(15)16/h4-5,8-9H,1-3,6-7H2,(H,15,16). The fourth-order valence-electron chi connectivity index (χ4n) is 2.29. The van der Waals surface area contributed by atoms with Gasteiger partial charge < -0.3 is 5.11 Å². The molecule has 0 saturated heterocycles. The van der Waals surface area contributed by atoms with E-state index in [0.717, 1.165) is 12.8 Å². The van der Waals surface area contributed by atoms with Gasteiger partial charge in [0.1, 0.15) is 6.17 Å². The predicted molar refractivity (Wildman–Crippen MR) is 56.0 cm³/mol. The van der Waals surface area contributed by atoms with E-state index in [1.807, 2.05) is 0 Å². The lowest BCUT2D eigenvalue weighted by Crippen LogP contribution is -2.23. The summed E-state index contributed by atoms with van der Waals surface area (Å²) in [6.45, 7) is 0. The molecule has 0 spiro atoms. The van der Waals surface area contributed by atoms with Crippen LogP contribution in [0.4, 0.5) is 4.39 Å². The number of aliphatic carboxylic acids is 1. The molecule has 2 atom stereocenters. The fraction of sp³-hybridized carbons (Fsp3) is 0.636.